The van der Waals surface area contributed by atoms with Gasteiger partial charge in [-0.2, -0.15) is 4.72 Å². The average Bonchev–Trinajstić information content (AvgIpc) is 2.53. The van der Waals surface area contributed by atoms with Crippen LogP contribution >= 0.6 is 0 Å². The van der Waals surface area contributed by atoms with E-state index >= 15 is 0 Å². The molecule has 1 N–H and O–H groups in total. The monoisotopic (exact) mass is 355 g/mol. The van der Waals surface area contributed by atoms with Crippen molar-refractivity contribution >= 4 is 16.0 Å². The van der Waals surface area contributed by atoms with E-state index in [0.717, 1.165) is 18.2 Å². The molecule has 0 saturated heterocycles. The van der Waals surface area contributed by atoms with Crippen molar-refractivity contribution in [3.8, 4) is 0 Å². The van der Waals surface area contributed by atoms with Gasteiger partial charge in [0.25, 0.3) is 0 Å². The van der Waals surface area contributed by atoms with Gasteiger partial charge in [-0.3, -0.25) is 0 Å². The maximum absolute atomic E-state index is 13.8. The summed E-state index contributed by atoms with van der Waals surface area (Å²) in [6.07, 6.45) is 0. The molecule has 24 heavy (non-hydrogen) atoms. The van der Waals surface area contributed by atoms with E-state index in [9.17, 15) is 22.0 Å². The highest BCUT2D eigenvalue weighted by molar-refractivity contribution is 7.89. The number of hydrogen-bond donors (Lipinski definition) is 1. The molecule has 0 aliphatic heterocycles. The summed E-state index contributed by atoms with van der Waals surface area (Å²) in [6, 6.07) is 9.14. The molecule has 0 spiro atoms. The van der Waals surface area contributed by atoms with Crippen molar-refractivity contribution in [2.45, 2.75) is 17.9 Å². The third-order valence-corrected chi connectivity index (χ3v) is 4.59. The Morgan fingerprint density at radius 3 is 2.21 bits per heavy atom. The van der Waals surface area contributed by atoms with Crippen molar-refractivity contribution in [3.63, 3.8) is 0 Å². The highest BCUT2D eigenvalue weighted by Crippen LogP contribution is 2.22. The molecule has 0 aromatic heterocycles. The molecule has 0 heterocycles. The maximum atomic E-state index is 13.8. The van der Waals surface area contributed by atoms with Crippen molar-refractivity contribution in [3.05, 3.63) is 65.7 Å². The summed E-state index contributed by atoms with van der Waals surface area (Å²) in [4.78, 5) is 10.9. The van der Waals surface area contributed by atoms with E-state index in [1.165, 1.54) is 12.1 Å². The molecule has 2 rings (SSSR count). The van der Waals surface area contributed by atoms with Gasteiger partial charge in [0.05, 0.1) is 6.61 Å². The Balaban J connectivity index is 2.44. The Hall–Kier alpha value is -2.32. The SMILES string of the molecule is CCOC(=O)C(NS(=O)(=O)c1c(F)cccc1F)c1ccccc1. The minimum Gasteiger partial charge on any atom is -0.465 e. The van der Waals surface area contributed by atoms with Gasteiger partial charge < -0.3 is 4.74 Å². The minimum atomic E-state index is -4.63. The molecule has 5 nitrogen and oxygen atoms in total. The van der Waals surface area contributed by atoms with Crippen LogP contribution in [0.5, 0.6) is 0 Å². The lowest BCUT2D eigenvalue weighted by atomic mass is 10.1. The van der Waals surface area contributed by atoms with Gasteiger partial charge in [0.15, 0.2) is 4.90 Å². The van der Waals surface area contributed by atoms with Crippen molar-refractivity contribution in [1.29, 1.82) is 0 Å². The third kappa shape index (κ3) is 3.95. The van der Waals surface area contributed by atoms with Crippen LogP contribution in [0.1, 0.15) is 18.5 Å². The molecule has 2 aromatic carbocycles. The van der Waals surface area contributed by atoms with Gasteiger partial charge in [0.1, 0.15) is 17.7 Å². The van der Waals surface area contributed by atoms with Crippen LogP contribution in [0.15, 0.2) is 53.4 Å². The number of carbonyl (C=O) groups is 1. The predicted octanol–water partition coefficient (Wildman–Crippen LogP) is 2.55. The first-order chi connectivity index (χ1) is 11.4. The van der Waals surface area contributed by atoms with Gasteiger partial charge in [0.2, 0.25) is 10.0 Å². The van der Waals surface area contributed by atoms with Crippen molar-refractivity contribution in [1.82, 2.24) is 4.72 Å². The average molecular weight is 355 g/mol. The quantitative estimate of drug-likeness (QED) is 0.809. The molecule has 0 fully saturated rings. The molecule has 0 amide bonds. The molecule has 0 radical (unpaired) electrons. The molecule has 1 atom stereocenters. The van der Waals surface area contributed by atoms with Crippen LogP contribution in [-0.4, -0.2) is 21.0 Å². The Morgan fingerprint density at radius 1 is 1.08 bits per heavy atom. The fourth-order valence-electron chi connectivity index (χ4n) is 2.08. The number of carbonyl (C=O) groups excluding carboxylic acids is 1. The lowest BCUT2D eigenvalue weighted by molar-refractivity contribution is -0.145. The third-order valence-electron chi connectivity index (χ3n) is 3.12. The number of nitrogens with one attached hydrogen (secondary N) is 1. The topological polar surface area (TPSA) is 72.5 Å². The second-order valence-electron chi connectivity index (χ2n) is 4.77. The van der Waals surface area contributed by atoms with Crippen LogP contribution in [-0.2, 0) is 19.6 Å². The zero-order valence-electron chi connectivity index (χ0n) is 12.7. The number of ether oxygens (including phenoxy) is 1. The van der Waals surface area contributed by atoms with E-state index < -0.39 is 38.6 Å². The van der Waals surface area contributed by atoms with E-state index in [0.29, 0.717) is 0 Å². The first-order valence-electron chi connectivity index (χ1n) is 7.04. The molecule has 0 saturated carbocycles. The number of esters is 1. The molecule has 128 valence electrons. The summed E-state index contributed by atoms with van der Waals surface area (Å²) in [5.74, 6) is -3.37. The van der Waals surface area contributed by atoms with Gasteiger partial charge in [-0.15, -0.1) is 0 Å². The highest BCUT2D eigenvalue weighted by Gasteiger charge is 2.31. The van der Waals surface area contributed by atoms with Gasteiger partial charge in [-0.25, -0.2) is 22.0 Å². The summed E-state index contributed by atoms with van der Waals surface area (Å²) in [7, 11) is -4.63. The molecule has 2 aromatic rings. The van der Waals surface area contributed by atoms with Gasteiger partial charge in [-0.05, 0) is 24.6 Å². The van der Waals surface area contributed by atoms with Crippen molar-refractivity contribution < 1.29 is 26.7 Å². The van der Waals surface area contributed by atoms with Crippen LogP contribution < -0.4 is 4.72 Å². The lowest BCUT2D eigenvalue weighted by Crippen LogP contribution is -2.35. The Kier molecular flexibility index (Phi) is 5.63. The Bertz CT molecular complexity index is 805. The highest BCUT2D eigenvalue weighted by atomic mass is 32.2. The number of sulfonamides is 1. The van der Waals surface area contributed by atoms with E-state index in [-0.39, 0.29) is 12.2 Å². The smallest absolute Gasteiger partial charge is 0.328 e. The minimum absolute atomic E-state index is 0.0257. The fraction of sp³-hybridized carbons (Fsp3) is 0.188. The van der Waals surface area contributed by atoms with Gasteiger partial charge in [0, 0.05) is 0 Å². The predicted molar refractivity (Wildman–Crippen MR) is 82.5 cm³/mol. The summed E-state index contributed by atoms with van der Waals surface area (Å²) in [5.41, 5.74) is 0.288. The maximum Gasteiger partial charge on any atom is 0.328 e. The Morgan fingerprint density at radius 2 is 1.67 bits per heavy atom. The lowest BCUT2D eigenvalue weighted by Gasteiger charge is -2.18. The second-order valence-corrected chi connectivity index (χ2v) is 6.42. The van der Waals surface area contributed by atoms with Crippen LogP contribution in [0.25, 0.3) is 0 Å². The van der Waals surface area contributed by atoms with E-state index in [1.54, 1.807) is 25.1 Å². The van der Waals surface area contributed by atoms with Gasteiger partial charge >= 0.3 is 5.97 Å². The standard InChI is InChI=1S/C16H15F2NO4S/c1-2-23-16(20)14(11-7-4-3-5-8-11)19-24(21,22)15-12(17)9-6-10-13(15)18/h3-10,14,19H,2H2,1H3. The summed E-state index contributed by atoms with van der Waals surface area (Å²) in [5, 5.41) is 0. The largest absolute Gasteiger partial charge is 0.465 e. The summed E-state index contributed by atoms with van der Waals surface area (Å²) >= 11 is 0. The number of halogens is 2. The zero-order chi connectivity index (χ0) is 17.7. The van der Waals surface area contributed by atoms with Gasteiger partial charge in [-0.1, -0.05) is 36.4 Å². The van der Waals surface area contributed by atoms with E-state index in [1.807, 2.05) is 4.72 Å². The molecule has 0 aliphatic carbocycles. The fourth-order valence-corrected chi connectivity index (χ4v) is 3.39. The van der Waals surface area contributed by atoms with Crippen LogP contribution in [0.2, 0.25) is 0 Å². The van der Waals surface area contributed by atoms with Crippen molar-refractivity contribution in [2.24, 2.45) is 0 Å². The van der Waals surface area contributed by atoms with Crippen LogP contribution in [0.4, 0.5) is 8.78 Å². The summed E-state index contributed by atoms with van der Waals surface area (Å²) < 4.78 is 59.1. The number of hydrogen-bond acceptors (Lipinski definition) is 4. The molecule has 0 bridgehead atoms. The molecule has 1 unspecified atom stereocenters. The summed E-state index contributed by atoms with van der Waals surface area (Å²) in [6.45, 7) is 1.59. The zero-order valence-corrected chi connectivity index (χ0v) is 13.5. The molecular weight excluding hydrogens is 340 g/mol. The Labute approximate surface area is 138 Å². The second kappa shape index (κ2) is 7.50. The van der Waals surface area contributed by atoms with Crippen LogP contribution in [0, 0.1) is 11.6 Å². The first-order valence-corrected chi connectivity index (χ1v) is 8.53. The number of benzene rings is 2. The van der Waals surface area contributed by atoms with E-state index in [4.69, 9.17) is 4.74 Å². The molecule has 8 heteroatoms. The first kappa shape index (κ1) is 18.0. The van der Waals surface area contributed by atoms with Crippen molar-refractivity contribution in [2.75, 3.05) is 6.61 Å². The molecular formula is C16H15F2NO4S. The molecule has 0 aliphatic rings. The van der Waals surface area contributed by atoms with Crippen LogP contribution in [0.3, 0.4) is 0 Å². The van der Waals surface area contributed by atoms with E-state index in [2.05, 4.69) is 0 Å². The number of rotatable bonds is 6. The normalized spacial score (nSPS) is 12.6.